The first-order valence-electron chi connectivity index (χ1n) is 6.56. The maximum Gasteiger partial charge on any atom is 0.0276 e. The normalized spacial score (nSPS) is 32.4. The number of hydrogen-bond donors (Lipinski definition) is 0. The van der Waals surface area contributed by atoms with Gasteiger partial charge in [0.25, 0.3) is 0 Å². The Labute approximate surface area is 94.6 Å². The van der Waals surface area contributed by atoms with E-state index in [1.165, 1.54) is 32.6 Å². The predicted octanol–water partition coefficient (Wildman–Crippen LogP) is 2.06. The lowest BCUT2D eigenvalue weighted by molar-refractivity contribution is 0.0471. The van der Waals surface area contributed by atoms with E-state index in [2.05, 4.69) is 37.5 Å². The van der Waals surface area contributed by atoms with Crippen LogP contribution in [0.3, 0.4) is 0 Å². The standard InChI is InChI=1S/C13H26N2/c1-10(2)5-6-14-7-12-8-15(11(3)4)9-13(12)14/h10-13H,5-9H2,1-4H3. The number of rotatable bonds is 4. The largest absolute Gasteiger partial charge is 0.299 e. The average molecular weight is 210 g/mol. The van der Waals surface area contributed by atoms with E-state index in [4.69, 9.17) is 0 Å². The van der Waals surface area contributed by atoms with Crippen LogP contribution in [0.2, 0.25) is 0 Å². The molecule has 0 N–H and O–H groups in total. The minimum absolute atomic E-state index is 0.738. The highest BCUT2D eigenvalue weighted by Crippen LogP contribution is 2.33. The summed E-state index contributed by atoms with van der Waals surface area (Å²) >= 11 is 0. The number of fused-ring (bicyclic) bond motifs is 1. The topological polar surface area (TPSA) is 6.48 Å². The Hall–Kier alpha value is -0.0800. The molecule has 2 saturated heterocycles. The lowest BCUT2D eigenvalue weighted by atomic mass is 9.91. The zero-order chi connectivity index (χ0) is 11.0. The second-order valence-electron chi connectivity index (χ2n) is 6.05. The van der Waals surface area contributed by atoms with E-state index in [1.54, 1.807) is 0 Å². The average Bonchev–Trinajstić information content (AvgIpc) is 2.44. The van der Waals surface area contributed by atoms with Crippen LogP contribution in [0.5, 0.6) is 0 Å². The van der Waals surface area contributed by atoms with Crippen LogP contribution in [-0.4, -0.2) is 48.1 Å². The molecule has 2 aliphatic heterocycles. The zero-order valence-corrected chi connectivity index (χ0v) is 10.7. The van der Waals surface area contributed by atoms with Gasteiger partial charge in [-0.05, 0) is 32.7 Å². The molecule has 0 aliphatic carbocycles. The molecule has 0 radical (unpaired) electrons. The third kappa shape index (κ3) is 2.36. The molecule has 2 aliphatic rings. The van der Waals surface area contributed by atoms with Crippen molar-refractivity contribution in [2.75, 3.05) is 26.2 Å². The Kier molecular flexibility index (Phi) is 3.36. The molecular formula is C13H26N2. The number of hydrogen-bond acceptors (Lipinski definition) is 2. The van der Waals surface area contributed by atoms with Crippen molar-refractivity contribution in [1.82, 2.24) is 9.80 Å². The summed E-state index contributed by atoms with van der Waals surface area (Å²) in [5, 5.41) is 0. The van der Waals surface area contributed by atoms with E-state index in [-0.39, 0.29) is 0 Å². The van der Waals surface area contributed by atoms with Crippen LogP contribution in [0.15, 0.2) is 0 Å². The van der Waals surface area contributed by atoms with E-state index >= 15 is 0 Å². The van der Waals surface area contributed by atoms with Crippen molar-refractivity contribution in [3.63, 3.8) is 0 Å². The quantitative estimate of drug-likeness (QED) is 0.701. The van der Waals surface area contributed by atoms with Crippen molar-refractivity contribution in [1.29, 1.82) is 0 Å². The molecular weight excluding hydrogens is 184 g/mol. The zero-order valence-electron chi connectivity index (χ0n) is 10.7. The molecule has 2 heteroatoms. The van der Waals surface area contributed by atoms with E-state index in [1.807, 2.05) is 0 Å². The van der Waals surface area contributed by atoms with E-state index in [9.17, 15) is 0 Å². The van der Waals surface area contributed by atoms with E-state index in [0.29, 0.717) is 0 Å². The maximum absolute atomic E-state index is 2.70. The van der Waals surface area contributed by atoms with E-state index < -0.39 is 0 Å². The van der Waals surface area contributed by atoms with Crippen LogP contribution in [0.4, 0.5) is 0 Å². The van der Waals surface area contributed by atoms with Crippen LogP contribution in [0, 0.1) is 11.8 Å². The lowest BCUT2D eigenvalue weighted by Crippen LogP contribution is -2.55. The maximum atomic E-state index is 2.70. The van der Waals surface area contributed by atoms with Crippen molar-refractivity contribution in [2.45, 2.75) is 46.2 Å². The fourth-order valence-corrected chi connectivity index (χ4v) is 2.88. The molecule has 0 amide bonds. The van der Waals surface area contributed by atoms with Crippen molar-refractivity contribution in [3.05, 3.63) is 0 Å². The SMILES string of the molecule is CC(C)CCN1CC2CN(C(C)C)CC21. The first-order chi connectivity index (χ1) is 7.08. The molecule has 2 fully saturated rings. The van der Waals surface area contributed by atoms with Crippen LogP contribution in [0.1, 0.15) is 34.1 Å². The molecule has 0 aromatic carbocycles. The van der Waals surface area contributed by atoms with Crippen molar-refractivity contribution in [3.8, 4) is 0 Å². The summed E-state index contributed by atoms with van der Waals surface area (Å²) < 4.78 is 0. The molecule has 2 unspecified atom stereocenters. The van der Waals surface area contributed by atoms with Crippen LogP contribution in [0.25, 0.3) is 0 Å². The van der Waals surface area contributed by atoms with Gasteiger partial charge >= 0.3 is 0 Å². The molecule has 15 heavy (non-hydrogen) atoms. The Morgan fingerprint density at radius 1 is 1.07 bits per heavy atom. The molecule has 0 saturated carbocycles. The highest BCUT2D eigenvalue weighted by Gasteiger charge is 2.45. The Balaban J connectivity index is 1.76. The van der Waals surface area contributed by atoms with Gasteiger partial charge in [0.1, 0.15) is 0 Å². The summed E-state index contributed by atoms with van der Waals surface area (Å²) in [6.45, 7) is 14.7. The van der Waals surface area contributed by atoms with Crippen molar-refractivity contribution < 1.29 is 0 Å². The molecule has 2 rings (SSSR count). The fourth-order valence-electron chi connectivity index (χ4n) is 2.88. The molecule has 2 heterocycles. The Bertz CT molecular complexity index is 213. The minimum Gasteiger partial charge on any atom is -0.299 e. The third-order valence-electron chi connectivity index (χ3n) is 4.10. The van der Waals surface area contributed by atoms with Gasteiger partial charge < -0.3 is 0 Å². The molecule has 2 nitrogen and oxygen atoms in total. The summed E-state index contributed by atoms with van der Waals surface area (Å²) in [6.07, 6.45) is 1.37. The summed E-state index contributed by atoms with van der Waals surface area (Å²) in [5.41, 5.74) is 0. The van der Waals surface area contributed by atoms with Crippen LogP contribution in [-0.2, 0) is 0 Å². The summed E-state index contributed by atoms with van der Waals surface area (Å²) in [7, 11) is 0. The third-order valence-corrected chi connectivity index (χ3v) is 4.10. The van der Waals surface area contributed by atoms with Crippen LogP contribution < -0.4 is 0 Å². The van der Waals surface area contributed by atoms with Gasteiger partial charge in [-0.15, -0.1) is 0 Å². The second kappa shape index (κ2) is 4.42. The summed E-state index contributed by atoms with van der Waals surface area (Å²) in [5.74, 6) is 1.84. The van der Waals surface area contributed by atoms with Gasteiger partial charge in [0.05, 0.1) is 0 Å². The Morgan fingerprint density at radius 2 is 1.80 bits per heavy atom. The smallest absolute Gasteiger partial charge is 0.0276 e. The molecule has 0 aromatic heterocycles. The second-order valence-corrected chi connectivity index (χ2v) is 6.05. The van der Waals surface area contributed by atoms with Gasteiger partial charge in [-0.2, -0.15) is 0 Å². The fraction of sp³-hybridized carbons (Fsp3) is 1.00. The van der Waals surface area contributed by atoms with Crippen molar-refractivity contribution >= 4 is 0 Å². The summed E-state index contributed by atoms with van der Waals surface area (Å²) in [4.78, 5) is 5.34. The van der Waals surface area contributed by atoms with Gasteiger partial charge in [0.15, 0.2) is 0 Å². The van der Waals surface area contributed by atoms with Gasteiger partial charge in [-0.1, -0.05) is 13.8 Å². The highest BCUT2D eigenvalue weighted by molar-refractivity contribution is 5.00. The highest BCUT2D eigenvalue weighted by atomic mass is 15.3. The molecule has 0 bridgehead atoms. The Morgan fingerprint density at radius 3 is 2.40 bits per heavy atom. The molecule has 88 valence electrons. The minimum atomic E-state index is 0.738. The number of likely N-dealkylation sites (tertiary alicyclic amines) is 2. The molecule has 0 spiro atoms. The molecule has 2 atom stereocenters. The van der Waals surface area contributed by atoms with Crippen molar-refractivity contribution in [2.24, 2.45) is 11.8 Å². The van der Waals surface area contributed by atoms with Crippen LogP contribution >= 0.6 is 0 Å². The number of nitrogens with zero attached hydrogens (tertiary/aromatic N) is 2. The molecule has 0 aromatic rings. The monoisotopic (exact) mass is 210 g/mol. The van der Waals surface area contributed by atoms with Gasteiger partial charge in [-0.25, -0.2) is 0 Å². The lowest BCUT2D eigenvalue weighted by Gasteiger charge is -2.44. The van der Waals surface area contributed by atoms with E-state index in [0.717, 1.165) is 23.9 Å². The first kappa shape index (κ1) is 11.4. The first-order valence-corrected chi connectivity index (χ1v) is 6.56. The van der Waals surface area contributed by atoms with Gasteiger partial charge in [0, 0.05) is 37.6 Å². The predicted molar refractivity (Wildman–Crippen MR) is 65.0 cm³/mol. The van der Waals surface area contributed by atoms with Gasteiger partial charge in [0.2, 0.25) is 0 Å². The van der Waals surface area contributed by atoms with Gasteiger partial charge in [-0.3, -0.25) is 9.80 Å². The summed E-state index contributed by atoms with van der Waals surface area (Å²) in [6, 6.07) is 1.63.